The summed E-state index contributed by atoms with van der Waals surface area (Å²) in [6.07, 6.45) is 6.79. The number of rotatable bonds is 6. The Balaban J connectivity index is 1.29. The third-order valence-electron chi connectivity index (χ3n) is 5.04. The molecular formula is C20H21FN6O2S. The van der Waals surface area contributed by atoms with Gasteiger partial charge in [0.15, 0.2) is 0 Å². The van der Waals surface area contributed by atoms with Crippen LogP contribution in [-0.2, 0) is 11.3 Å². The molecule has 2 amide bonds. The molecule has 2 saturated heterocycles. The van der Waals surface area contributed by atoms with E-state index in [2.05, 4.69) is 30.5 Å². The largest absolute Gasteiger partial charge is 0.341 e. The fourth-order valence-electron chi connectivity index (χ4n) is 3.43. The predicted molar refractivity (Wildman–Crippen MR) is 112 cm³/mol. The zero-order valence-electron chi connectivity index (χ0n) is 16.2. The van der Waals surface area contributed by atoms with E-state index < -0.39 is 5.91 Å². The Hall–Kier alpha value is -2.85. The highest BCUT2D eigenvalue weighted by Crippen LogP contribution is 2.26. The number of carbonyl (C=O) groups is 2. The molecule has 2 aromatic heterocycles. The lowest BCUT2D eigenvalue weighted by atomic mass is 9.97. The van der Waals surface area contributed by atoms with Crippen LogP contribution in [0, 0.1) is 11.7 Å². The van der Waals surface area contributed by atoms with Gasteiger partial charge < -0.3 is 10.2 Å². The third kappa shape index (κ3) is 5.00. The number of aromatic nitrogens is 3. The number of thioether (sulfide) groups is 1. The average Bonchev–Trinajstić information content (AvgIpc) is 3.07. The lowest BCUT2D eigenvalue weighted by Gasteiger charge is -2.32. The topological polar surface area (TPSA) is 100 Å². The zero-order valence-corrected chi connectivity index (χ0v) is 17.0. The van der Waals surface area contributed by atoms with Crippen molar-refractivity contribution >= 4 is 34.9 Å². The molecule has 4 heterocycles. The van der Waals surface area contributed by atoms with E-state index >= 15 is 0 Å². The van der Waals surface area contributed by atoms with Crippen LogP contribution in [0.25, 0.3) is 6.08 Å². The molecule has 0 aromatic carbocycles. The first-order valence-corrected chi connectivity index (χ1v) is 10.5. The Morgan fingerprint density at radius 2 is 2.07 bits per heavy atom. The minimum absolute atomic E-state index is 0.287. The molecule has 0 unspecified atom stereocenters. The highest BCUT2D eigenvalue weighted by atomic mass is 32.2. The Bertz CT molecular complexity index is 977. The average molecular weight is 428 g/mol. The molecule has 4 rings (SSSR count). The second kappa shape index (κ2) is 9.31. The van der Waals surface area contributed by atoms with Crippen LogP contribution in [-0.4, -0.2) is 45.7 Å². The highest BCUT2D eigenvalue weighted by molar-refractivity contribution is 8.18. The summed E-state index contributed by atoms with van der Waals surface area (Å²) < 4.78 is 13.6. The highest BCUT2D eigenvalue weighted by Gasteiger charge is 2.25. The Kier molecular flexibility index (Phi) is 6.34. The van der Waals surface area contributed by atoms with Crippen LogP contribution < -0.4 is 15.5 Å². The van der Waals surface area contributed by atoms with Crippen LogP contribution in [0.5, 0.6) is 0 Å². The molecule has 2 aliphatic heterocycles. The predicted octanol–water partition coefficient (Wildman–Crippen LogP) is 2.34. The molecule has 0 spiro atoms. The molecule has 10 heteroatoms. The number of hydrogen-bond donors (Lipinski definition) is 2. The molecule has 2 aliphatic rings. The van der Waals surface area contributed by atoms with E-state index in [1.54, 1.807) is 30.6 Å². The molecule has 0 aliphatic carbocycles. The van der Waals surface area contributed by atoms with Crippen LogP contribution in [0.4, 0.5) is 15.1 Å². The Labute approximate surface area is 177 Å². The second-order valence-electron chi connectivity index (χ2n) is 7.13. The molecule has 0 radical (unpaired) electrons. The van der Waals surface area contributed by atoms with Gasteiger partial charge in [-0.2, -0.15) is 0 Å². The molecule has 2 fully saturated rings. The number of amides is 2. The number of pyridine rings is 1. The summed E-state index contributed by atoms with van der Waals surface area (Å²) in [4.78, 5) is 38.4. The molecule has 8 nitrogen and oxygen atoms in total. The Morgan fingerprint density at radius 3 is 2.80 bits per heavy atom. The van der Waals surface area contributed by atoms with Gasteiger partial charge in [-0.15, -0.1) is 0 Å². The summed E-state index contributed by atoms with van der Waals surface area (Å²) in [6, 6.07) is 4.71. The van der Waals surface area contributed by atoms with Gasteiger partial charge in [0.25, 0.3) is 11.1 Å². The van der Waals surface area contributed by atoms with Crippen LogP contribution in [0.3, 0.4) is 0 Å². The molecule has 156 valence electrons. The van der Waals surface area contributed by atoms with E-state index in [9.17, 15) is 14.0 Å². The van der Waals surface area contributed by atoms with E-state index in [-0.39, 0.29) is 11.1 Å². The zero-order chi connectivity index (χ0) is 20.9. The number of carbonyl (C=O) groups excluding carboxylic acids is 2. The van der Waals surface area contributed by atoms with Gasteiger partial charge in [-0.1, -0.05) is 0 Å². The summed E-state index contributed by atoms with van der Waals surface area (Å²) in [5.41, 5.74) is 1.03. The minimum Gasteiger partial charge on any atom is -0.341 e. The van der Waals surface area contributed by atoms with Crippen LogP contribution in [0.15, 0.2) is 35.5 Å². The van der Waals surface area contributed by atoms with Crippen molar-refractivity contribution in [2.75, 3.05) is 24.5 Å². The summed E-state index contributed by atoms with van der Waals surface area (Å²) >= 11 is 0.870. The van der Waals surface area contributed by atoms with Crippen molar-refractivity contribution in [1.29, 1.82) is 0 Å². The van der Waals surface area contributed by atoms with Crippen molar-refractivity contribution in [3.8, 4) is 0 Å². The number of piperidine rings is 1. The molecule has 0 saturated carbocycles. The quantitative estimate of drug-likeness (QED) is 0.677. The minimum atomic E-state index is -0.399. The van der Waals surface area contributed by atoms with Crippen molar-refractivity contribution in [2.45, 2.75) is 19.4 Å². The molecule has 2 aromatic rings. The maximum atomic E-state index is 13.6. The van der Waals surface area contributed by atoms with Gasteiger partial charge in [-0.25, -0.2) is 14.4 Å². The van der Waals surface area contributed by atoms with E-state index in [1.165, 1.54) is 6.07 Å². The molecule has 0 atom stereocenters. The smallest absolute Gasteiger partial charge is 0.290 e. The van der Waals surface area contributed by atoms with E-state index in [4.69, 9.17) is 0 Å². The first-order valence-electron chi connectivity index (χ1n) is 9.71. The lowest BCUT2D eigenvalue weighted by Crippen LogP contribution is -2.38. The normalized spacial score (nSPS) is 18.8. The number of imide groups is 1. The SMILES string of the molecule is O=C1NC(=O)C(=Cc2ccnc(N3CCC(CNCc4ncccc4F)CC3)n2)S1. The molecule has 0 bridgehead atoms. The van der Waals surface area contributed by atoms with E-state index in [1.807, 2.05) is 0 Å². The monoisotopic (exact) mass is 428 g/mol. The van der Waals surface area contributed by atoms with Crippen molar-refractivity contribution in [2.24, 2.45) is 5.92 Å². The number of nitrogens with one attached hydrogen (secondary N) is 2. The number of nitrogens with zero attached hydrogens (tertiary/aromatic N) is 4. The Morgan fingerprint density at radius 1 is 1.23 bits per heavy atom. The van der Waals surface area contributed by atoms with E-state index in [0.717, 1.165) is 44.2 Å². The van der Waals surface area contributed by atoms with Gasteiger partial charge in [0.05, 0.1) is 16.3 Å². The van der Waals surface area contributed by atoms with Gasteiger partial charge in [0, 0.05) is 32.0 Å². The lowest BCUT2D eigenvalue weighted by molar-refractivity contribution is -0.115. The summed E-state index contributed by atoms with van der Waals surface area (Å²) in [7, 11) is 0. The number of hydrogen-bond acceptors (Lipinski definition) is 8. The molecule has 2 N–H and O–H groups in total. The first-order chi connectivity index (χ1) is 14.6. The standard InChI is InChI=1S/C20H21FN6O2S/c21-15-2-1-6-23-16(15)12-22-11-13-4-8-27(9-5-13)19-24-7-3-14(25-19)10-17-18(28)26-20(29)30-17/h1-3,6-7,10,13,22H,4-5,8-9,11-12H2,(H,26,28,29). The fraction of sp³-hybridized carbons (Fsp3) is 0.350. The molecular weight excluding hydrogens is 407 g/mol. The maximum absolute atomic E-state index is 13.6. The second-order valence-corrected chi connectivity index (χ2v) is 8.14. The van der Waals surface area contributed by atoms with Crippen LogP contribution >= 0.6 is 11.8 Å². The first kappa shape index (κ1) is 20.4. The van der Waals surface area contributed by atoms with Crippen molar-refractivity contribution in [3.05, 3.63) is 52.7 Å². The maximum Gasteiger partial charge on any atom is 0.290 e. The fourth-order valence-corrected chi connectivity index (χ4v) is 4.10. The van der Waals surface area contributed by atoms with Gasteiger partial charge in [0.1, 0.15) is 5.82 Å². The van der Waals surface area contributed by atoms with Crippen LogP contribution in [0.1, 0.15) is 24.2 Å². The number of halogens is 1. The van der Waals surface area contributed by atoms with Gasteiger partial charge in [-0.3, -0.25) is 19.9 Å². The van der Waals surface area contributed by atoms with Gasteiger partial charge >= 0.3 is 0 Å². The summed E-state index contributed by atoms with van der Waals surface area (Å²) in [6.45, 7) is 2.86. The van der Waals surface area contributed by atoms with Gasteiger partial charge in [0.2, 0.25) is 5.95 Å². The van der Waals surface area contributed by atoms with Gasteiger partial charge in [-0.05, 0) is 61.3 Å². The van der Waals surface area contributed by atoms with Crippen molar-refractivity contribution < 1.29 is 14.0 Å². The van der Waals surface area contributed by atoms with Crippen molar-refractivity contribution in [1.82, 2.24) is 25.6 Å². The third-order valence-corrected chi connectivity index (χ3v) is 5.85. The van der Waals surface area contributed by atoms with Crippen LogP contribution in [0.2, 0.25) is 0 Å². The van der Waals surface area contributed by atoms with Crippen molar-refractivity contribution in [3.63, 3.8) is 0 Å². The van der Waals surface area contributed by atoms with E-state index in [0.29, 0.717) is 34.7 Å². The summed E-state index contributed by atoms with van der Waals surface area (Å²) in [5, 5.41) is 5.16. The summed E-state index contributed by atoms with van der Waals surface area (Å²) in [5.74, 6) is 0.415. The number of anilines is 1. The molecule has 30 heavy (non-hydrogen) atoms.